The Morgan fingerprint density at radius 1 is 1.26 bits per heavy atom. The normalized spacial score (nSPS) is 28.8. The number of amides is 2. The molecule has 31 heavy (non-hydrogen) atoms. The van der Waals surface area contributed by atoms with Crippen LogP contribution in [0.1, 0.15) is 51.9 Å². The smallest absolute Gasteiger partial charge is 0.411 e. The number of aliphatic hydroxyl groups excluding tert-OH is 1. The summed E-state index contributed by atoms with van der Waals surface area (Å²) >= 11 is 0. The summed E-state index contributed by atoms with van der Waals surface area (Å²) in [6.07, 6.45) is 4.84. The summed E-state index contributed by atoms with van der Waals surface area (Å²) in [7, 11) is 0. The molecule has 3 aliphatic rings. The number of aliphatic hydroxyl groups is 1. The Hall–Kier alpha value is -2.35. The second-order valence-electron chi connectivity index (χ2n) is 9.03. The first-order valence-electron chi connectivity index (χ1n) is 11.4. The number of likely N-dealkylation sites (tertiary alicyclic amines) is 1. The van der Waals surface area contributed by atoms with Crippen molar-refractivity contribution in [3.05, 3.63) is 24.0 Å². The Bertz CT molecular complexity index is 827. The largest absolute Gasteiger partial charge is 0.450 e. The van der Waals surface area contributed by atoms with Gasteiger partial charge in [0, 0.05) is 31.4 Å². The second-order valence-corrected chi connectivity index (χ2v) is 9.03. The molecule has 3 fully saturated rings. The lowest BCUT2D eigenvalue weighted by Crippen LogP contribution is -2.50. The lowest BCUT2D eigenvalue weighted by molar-refractivity contribution is -0.139. The number of nitrogens with one attached hydrogen (secondary N) is 1. The van der Waals surface area contributed by atoms with E-state index in [-0.39, 0.29) is 24.7 Å². The summed E-state index contributed by atoms with van der Waals surface area (Å²) in [4.78, 5) is 29.0. The van der Waals surface area contributed by atoms with Crippen molar-refractivity contribution < 1.29 is 23.8 Å². The van der Waals surface area contributed by atoms with Gasteiger partial charge in [-0.05, 0) is 70.1 Å². The van der Waals surface area contributed by atoms with E-state index in [0.717, 1.165) is 51.5 Å². The summed E-state index contributed by atoms with van der Waals surface area (Å²) in [5.41, 5.74) is 0.345. The predicted octanol–water partition coefficient (Wildman–Crippen LogP) is 3.52. The highest BCUT2D eigenvalue weighted by Crippen LogP contribution is 2.43. The zero-order chi connectivity index (χ0) is 22.0. The van der Waals surface area contributed by atoms with Crippen LogP contribution >= 0.6 is 0 Å². The van der Waals surface area contributed by atoms with Crippen molar-refractivity contribution in [2.75, 3.05) is 36.5 Å². The van der Waals surface area contributed by atoms with Crippen LogP contribution in [0, 0.1) is 11.2 Å². The zero-order valence-corrected chi connectivity index (χ0v) is 18.1. The quantitative estimate of drug-likeness (QED) is 0.759. The maximum Gasteiger partial charge on any atom is 0.411 e. The van der Waals surface area contributed by atoms with Gasteiger partial charge in [0.05, 0.1) is 23.8 Å². The molecule has 2 saturated heterocycles. The highest BCUT2D eigenvalue weighted by Gasteiger charge is 2.50. The molecule has 1 saturated carbocycles. The number of hydrogen-bond acceptors (Lipinski definition) is 5. The maximum absolute atomic E-state index is 14.9. The average molecular weight is 434 g/mol. The van der Waals surface area contributed by atoms with Crippen molar-refractivity contribution in [1.29, 1.82) is 0 Å². The van der Waals surface area contributed by atoms with E-state index in [9.17, 15) is 19.1 Å². The Kier molecular flexibility index (Phi) is 6.36. The van der Waals surface area contributed by atoms with E-state index >= 15 is 0 Å². The molecule has 1 aromatic rings. The van der Waals surface area contributed by atoms with Crippen LogP contribution < -0.4 is 10.2 Å². The van der Waals surface area contributed by atoms with E-state index in [4.69, 9.17) is 4.74 Å². The summed E-state index contributed by atoms with van der Waals surface area (Å²) < 4.78 is 19.7. The fraction of sp³-hybridized carbons (Fsp3) is 0.652. The summed E-state index contributed by atoms with van der Waals surface area (Å²) in [5.74, 6) is -0.227. The highest BCUT2D eigenvalue weighted by molar-refractivity contribution is 5.87. The molecule has 170 valence electrons. The van der Waals surface area contributed by atoms with Gasteiger partial charge < -0.3 is 19.6 Å². The summed E-state index contributed by atoms with van der Waals surface area (Å²) in [6, 6.07) is 4.84. The molecule has 2 N–H and O–H groups in total. The highest BCUT2D eigenvalue weighted by atomic mass is 19.1. The molecule has 2 heterocycles. The Morgan fingerprint density at radius 2 is 2.03 bits per heavy atom. The van der Waals surface area contributed by atoms with Crippen LogP contribution in [0.3, 0.4) is 0 Å². The molecule has 0 radical (unpaired) electrons. The molecule has 0 aromatic heterocycles. The molecule has 2 amide bonds. The van der Waals surface area contributed by atoms with Gasteiger partial charge in [-0.1, -0.05) is 0 Å². The second kappa shape index (κ2) is 9.02. The fourth-order valence-electron chi connectivity index (χ4n) is 5.41. The van der Waals surface area contributed by atoms with Crippen LogP contribution in [-0.4, -0.2) is 60.4 Å². The summed E-state index contributed by atoms with van der Waals surface area (Å²) in [5, 5.41) is 12.3. The number of anilines is 2. The average Bonchev–Trinajstić information content (AvgIpc) is 3.04. The third kappa shape index (κ3) is 4.49. The zero-order valence-electron chi connectivity index (χ0n) is 18.1. The lowest BCUT2D eigenvalue weighted by Gasteiger charge is -2.41. The van der Waals surface area contributed by atoms with Gasteiger partial charge in [-0.2, -0.15) is 0 Å². The number of benzene rings is 1. The molecule has 1 aliphatic carbocycles. The number of carbonyl (C=O) groups is 2. The first kappa shape index (κ1) is 21.9. The molecule has 2 aliphatic heterocycles. The van der Waals surface area contributed by atoms with Crippen molar-refractivity contribution in [1.82, 2.24) is 4.90 Å². The number of piperidine rings is 1. The molecule has 1 spiro atoms. The summed E-state index contributed by atoms with van der Waals surface area (Å²) in [6.45, 7) is 3.91. The fourth-order valence-corrected chi connectivity index (χ4v) is 5.41. The first-order chi connectivity index (χ1) is 14.9. The molecular formula is C23H32FN3O4. The minimum atomic E-state index is -0.613. The van der Waals surface area contributed by atoms with E-state index in [1.165, 1.54) is 6.07 Å². The van der Waals surface area contributed by atoms with Crippen molar-refractivity contribution in [2.24, 2.45) is 5.41 Å². The van der Waals surface area contributed by atoms with Gasteiger partial charge in [0.1, 0.15) is 5.82 Å². The van der Waals surface area contributed by atoms with Crippen molar-refractivity contribution in [2.45, 2.75) is 64.0 Å². The number of carbonyl (C=O) groups excluding carboxylic acids is 2. The van der Waals surface area contributed by atoms with Crippen molar-refractivity contribution in [3.8, 4) is 0 Å². The van der Waals surface area contributed by atoms with Gasteiger partial charge in [-0.15, -0.1) is 0 Å². The minimum Gasteiger partial charge on any atom is -0.450 e. The van der Waals surface area contributed by atoms with Crippen LogP contribution in [0.4, 0.5) is 20.6 Å². The SMILES string of the molecule is CCOC(=O)Nc1ccc(N2CCC[C@@]3(CCN(C4CCC(O)CC4)C3=O)C2)c(F)c1. The van der Waals surface area contributed by atoms with Crippen LogP contribution in [0.25, 0.3) is 0 Å². The predicted molar refractivity (Wildman–Crippen MR) is 116 cm³/mol. The van der Waals surface area contributed by atoms with Crippen LogP contribution in [0.2, 0.25) is 0 Å². The minimum absolute atomic E-state index is 0.194. The third-order valence-electron chi connectivity index (χ3n) is 7.04. The molecule has 0 bridgehead atoms. The molecule has 7 nitrogen and oxygen atoms in total. The van der Waals surface area contributed by atoms with Gasteiger partial charge in [0.25, 0.3) is 0 Å². The first-order valence-corrected chi connectivity index (χ1v) is 11.4. The topological polar surface area (TPSA) is 82.1 Å². The van der Waals surface area contributed by atoms with E-state index in [1.807, 2.05) is 9.80 Å². The van der Waals surface area contributed by atoms with Crippen LogP contribution in [0.5, 0.6) is 0 Å². The number of hydrogen-bond donors (Lipinski definition) is 2. The number of rotatable bonds is 4. The monoisotopic (exact) mass is 433 g/mol. The van der Waals surface area contributed by atoms with Crippen molar-refractivity contribution >= 4 is 23.4 Å². The van der Waals surface area contributed by atoms with Crippen LogP contribution in [-0.2, 0) is 9.53 Å². The third-order valence-corrected chi connectivity index (χ3v) is 7.04. The Morgan fingerprint density at radius 3 is 2.74 bits per heavy atom. The molecule has 0 unspecified atom stereocenters. The molecular weight excluding hydrogens is 401 g/mol. The Balaban J connectivity index is 1.45. The van der Waals surface area contributed by atoms with E-state index in [2.05, 4.69) is 5.32 Å². The van der Waals surface area contributed by atoms with Gasteiger partial charge in [0.15, 0.2) is 0 Å². The van der Waals surface area contributed by atoms with Gasteiger partial charge >= 0.3 is 6.09 Å². The van der Waals surface area contributed by atoms with E-state index in [1.54, 1.807) is 19.1 Å². The molecule has 4 rings (SSSR count). The molecule has 1 atom stereocenters. The van der Waals surface area contributed by atoms with Gasteiger partial charge in [0.2, 0.25) is 5.91 Å². The molecule has 8 heteroatoms. The standard InChI is InChI=1S/C23H32FN3O4/c1-2-31-22(30)25-16-4-9-20(19(24)14-16)26-12-3-10-23(15-26)11-13-27(21(23)29)17-5-7-18(28)8-6-17/h4,9,14,17-18,28H,2-3,5-8,10-13,15H2,1H3,(H,25,30)/t17?,18?,23-/m1/s1. The van der Waals surface area contributed by atoms with Gasteiger partial charge in [-0.25, -0.2) is 9.18 Å². The Labute approximate surface area is 182 Å². The molecule has 1 aromatic carbocycles. The van der Waals surface area contributed by atoms with Gasteiger partial charge in [-0.3, -0.25) is 10.1 Å². The van der Waals surface area contributed by atoms with Crippen LogP contribution in [0.15, 0.2) is 18.2 Å². The number of nitrogens with zero attached hydrogens (tertiary/aromatic N) is 2. The lowest BCUT2D eigenvalue weighted by atomic mass is 9.78. The number of halogens is 1. The van der Waals surface area contributed by atoms with Crippen molar-refractivity contribution in [3.63, 3.8) is 0 Å². The number of ether oxygens (including phenoxy) is 1. The van der Waals surface area contributed by atoms with E-state index < -0.39 is 17.3 Å². The van der Waals surface area contributed by atoms with E-state index in [0.29, 0.717) is 24.5 Å². The maximum atomic E-state index is 14.9.